The number of hydrogen-bond donors (Lipinski definition) is 0. The third-order valence-electron chi connectivity index (χ3n) is 5.98. The lowest BCUT2D eigenvalue weighted by Gasteiger charge is -2.41. The quantitative estimate of drug-likeness (QED) is 0.580. The van der Waals surface area contributed by atoms with Crippen LogP contribution in [0.5, 0.6) is 0 Å². The van der Waals surface area contributed by atoms with Gasteiger partial charge in [0.1, 0.15) is 24.2 Å². The van der Waals surface area contributed by atoms with Gasteiger partial charge in [0.25, 0.3) is 5.91 Å². The van der Waals surface area contributed by atoms with E-state index >= 15 is 0 Å². The highest BCUT2D eigenvalue weighted by atomic mass is 19.1. The molecule has 1 aromatic heterocycles. The van der Waals surface area contributed by atoms with Gasteiger partial charge in [-0.3, -0.25) is 9.59 Å². The molecule has 0 saturated carbocycles. The largest absolute Gasteiger partial charge is 0.348 e. The normalized spacial score (nSPS) is 15.8. The van der Waals surface area contributed by atoms with Crippen LogP contribution in [0.25, 0.3) is 0 Å². The summed E-state index contributed by atoms with van der Waals surface area (Å²) in [5, 5.41) is 0. The number of benzene rings is 2. The summed E-state index contributed by atoms with van der Waals surface area (Å²) in [5.74, 6) is -1.63. The molecule has 7 heteroatoms. The third-order valence-corrected chi connectivity index (χ3v) is 5.98. The number of rotatable bonds is 4. The Morgan fingerprint density at radius 3 is 2.45 bits per heavy atom. The van der Waals surface area contributed by atoms with Gasteiger partial charge in [0.2, 0.25) is 5.91 Å². The fraction of sp³-hybridized carbons (Fsp3) is 0.308. The number of aromatic nitrogens is 1. The van der Waals surface area contributed by atoms with Crippen molar-refractivity contribution in [2.24, 2.45) is 0 Å². The monoisotopic (exact) mass is 451 g/mol. The lowest BCUT2D eigenvalue weighted by atomic mass is 9.98. The number of nitrogens with zero attached hydrogens (tertiary/aromatic N) is 3. The molecular formula is C26H27F2N3O2. The molecule has 3 aromatic rings. The molecule has 1 aliphatic rings. The molecule has 0 aliphatic carbocycles. The number of carbonyl (C=O) groups is 2. The maximum Gasteiger partial charge on any atom is 0.254 e. The van der Waals surface area contributed by atoms with Crippen molar-refractivity contribution in [3.8, 4) is 0 Å². The zero-order valence-corrected chi connectivity index (χ0v) is 19.0. The Bertz CT molecular complexity index is 1180. The molecule has 0 fully saturated rings. The van der Waals surface area contributed by atoms with Gasteiger partial charge in [-0.05, 0) is 57.2 Å². The van der Waals surface area contributed by atoms with Crippen LogP contribution in [-0.2, 0) is 11.3 Å². The van der Waals surface area contributed by atoms with Crippen LogP contribution in [0.15, 0.2) is 66.9 Å². The van der Waals surface area contributed by atoms with Crippen LogP contribution in [0, 0.1) is 11.6 Å². The molecule has 1 aliphatic heterocycles. The van der Waals surface area contributed by atoms with Gasteiger partial charge in [0.05, 0.1) is 0 Å². The van der Waals surface area contributed by atoms with Crippen LogP contribution in [0.1, 0.15) is 48.4 Å². The van der Waals surface area contributed by atoms with Crippen molar-refractivity contribution in [1.82, 2.24) is 14.4 Å². The first kappa shape index (κ1) is 22.7. The van der Waals surface area contributed by atoms with Crippen molar-refractivity contribution in [3.63, 3.8) is 0 Å². The molecule has 172 valence electrons. The van der Waals surface area contributed by atoms with Crippen molar-refractivity contribution >= 4 is 11.8 Å². The van der Waals surface area contributed by atoms with E-state index in [0.717, 1.165) is 5.69 Å². The first-order valence-corrected chi connectivity index (χ1v) is 10.9. The van der Waals surface area contributed by atoms with E-state index in [1.54, 1.807) is 23.1 Å². The predicted octanol–water partition coefficient (Wildman–Crippen LogP) is 4.64. The van der Waals surface area contributed by atoms with Gasteiger partial charge in [0.15, 0.2) is 0 Å². The predicted molar refractivity (Wildman–Crippen MR) is 122 cm³/mol. The first-order chi connectivity index (χ1) is 15.7. The summed E-state index contributed by atoms with van der Waals surface area (Å²) in [5.41, 5.74) is 0.710. The van der Waals surface area contributed by atoms with E-state index in [9.17, 15) is 18.4 Å². The highest BCUT2D eigenvalue weighted by Crippen LogP contribution is 2.34. The molecule has 4 rings (SSSR count). The molecule has 0 unspecified atom stereocenters. The van der Waals surface area contributed by atoms with Crippen LogP contribution < -0.4 is 0 Å². The Balaban J connectivity index is 1.67. The minimum Gasteiger partial charge on any atom is -0.348 e. The smallest absolute Gasteiger partial charge is 0.254 e. The number of halogens is 2. The number of fused-ring (bicyclic) bond motifs is 1. The van der Waals surface area contributed by atoms with Gasteiger partial charge < -0.3 is 14.4 Å². The van der Waals surface area contributed by atoms with Crippen molar-refractivity contribution in [1.29, 1.82) is 0 Å². The minimum atomic E-state index is -0.692. The Morgan fingerprint density at radius 2 is 1.76 bits per heavy atom. The fourth-order valence-corrected chi connectivity index (χ4v) is 4.29. The Hall–Kier alpha value is -3.48. The molecule has 1 atom stereocenters. The molecule has 33 heavy (non-hydrogen) atoms. The SMILES string of the molecule is CC(C)(C)N(CC(=O)N1CCn2cccc2[C@@H]1c1ccccc1F)C(=O)c1cccc(F)c1. The van der Waals surface area contributed by atoms with Crippen LogP contribution in [-0.4, -0.2) is 44.8 Å². The van der Waals surface area contributed by atoms with Gasteiger partial charge in [-0.25, -0.2) is 8.78 Å². The molecular weight excluding hydrogens is 424 g/mol. The second-order valence-electron chi connectivity index (χ2n) is 9.21. The van der Waals surface area contributed by atoms with Gasteiger partial charge >= 0.3 is 0 Å². The lowest BCUT2D eigenvalue weighted by molar-refractivity contribution is -0.135. The average molecular weight is 452 g/mol. The summed E-state index contributed by atoms with van der Waals surface area (Å²) in [7, 11) is 0. The lowest BCUT2D eigenvalue weighted by Crippen LogP contribution is -2.53. The molecule has 0 radical (unpaired) electrons. The number of amides is 2. The van der Waals surface area contributed by atoms with Gasteiger partial charge in [-0.1, -0.05) is 24.3 Å². The maximum atomic E-state index is 14.8. The number of hydrogen-bond acceptors (Lipinski definition) is 2. The van der Waals surface area contributed by atoms with Crippen molar-refractivity contribution in [2.45, 2.75) is 38.9 Å². The molecule has 2 heterocycles. The Morgan fingerprint density at radius 1 is 1.00 bits per heavy atom. The van der Waals surface area contributed by atoms with E-state index < -0.39 is 29.1 Å². The van der Waals surface area contributed by atoms with E-state index in [2.05, 4.69) is 0 Å². The summed E-state index contributed by atoms with van der Waals surface area (Å²) in [6.07, 6.45) is 1.92. The third kappa shape index (κ3) is 4.53. The van der Waals surface area contributed by atoms with Crippen LogP contribution in [0.3, 0.4) is 0 Å². The van der Waals surface area contributed by atoms with Crippen LogP contribution >= 0.6 is 0 Å². The summed E-state index contributed by atoms with van der Waals surface area (Å²) in [6.45, 7) is 6.23. The fourth-order valence-electron chi connectivity index (χ4n) is 4.29. The van der Waals surface area contributed by atoms with Gasteiger partial charge in [-0.2, -0.15) is 0 Å². The highest BCUT2D eigenvalue weighted by molar-refractivity contribution is 5.97. The van der Waals surface area contributed by atoms with E-state index in [-0.39, 0.29) is 18.0 Å². The van der Waals surface area contributed by atoms with Crippen LogP contribution in [0.4, 0.5) is 8.78 Å². The molecule has 0 bridgehead atoms. The molecule has 0 spiro atoms. The summed E-state index contributed by atoms with van der Waals surface area (Å²) >= 11 is 0. The van der Waals surface area contributed by atoms with Crippen molar-refractivity contribution in [2.75, 3.05) is 13.1 Å². The Labute approximate surface area is 192 Å². The molecule has 2 aromatic carbocycles. The van der Waals surface area contributed by atoms with E-state index in [1.807, 2.05) is 43.7 Å². The molecule has 0 saturated heterocycles. The zero-order valence-electron chi connectivity index (χ0n) is 19.0. The molecule has 2 amide bonds. The van der Waals surface area contributed by atoms with E-state index in [4.69, 9.17) is 0 Å². The topological polar surface area (TPSA) is 45.6 Å². The first-order valence-electron chi connectivity index (χ1n) is 10.9. The van der Waals surface area contributed by atoms with Crippen molar-refractivity contribution in [3.05, 3.63) is 95.3 Å². The van der Waals surface area contributed by atoms with E-state index in [0.29, 0.717) is 18.7 Å². The molecule has 0 N–H and O–H groups in total. The minimum absolute atomic E-state index is 0.177. The number of carbonyl (C=O) groups excluding carboxylic acids is 2. The summed E-state index contributed by atoms with van der Waals surface area (Å²) < 4.78 is 30.6. The van der Waals surface area contributed by atoms with Crippen molar-refractivity contribution < 1.29 is 18.4 Å². The average Bonchev–Trinajstić information content (AvgIpc) is 3.25. The second kappa shape index (κ2) is 8.81. The molecule has 5 nitrogen and oxygen atoms in total. The zero-order chi connectivity index (χ0) is 23.8. The van der Waals surface area contributed by atoms with E-state index in [1.165, 1.54) is 35.2 Å². The Kier molecular flexibility index (Phi) is 6.06. The standard InChI is InChI=1S/C26H27F2N3O2/c1-26(2,3)31(25(33)18-8-6-9-19(27)16-18)17-23(32)30-15-14-29-13-7-12-22(29)24(30)20-10-4-5-11-21(20)28/h4-13,16,24H,14-15,17H2,1-3H3/t24-/m0/s1. The second-order valence-corrected chi connectivity index (χ2v) is 9.21. The summed E-state index contributed by atoms with van der Waals surface area (Å²) in [4.78, 5) is 29.9. The van der Waals surface area contributed by atoms with Gasteiger partial charge in [0, 0.05) is 41.6 Å². The highest BCUT2D eigenvalue weighted by Gasteiger charge is 2.37. The van der Waals surface area contributed by atoms with Crippen LogP contribution in [0.2, 0.25) is 0 Å². The van der Waals surface area contributed by atoms with Gasteiger partial charge in [-0.15, -0.1) is 0 Å². The maximum absolute atomic E-state index is 14.8. The summed E-state index contributed by atoms with van der Waals surface area (Å²) in [6, 6.07) is 15.0.